The number of carbonyl (C=O) groups excluding carboxylic acids is 1. The molecule has 2 atom stereocenters. The Balaban J connectivity index is 2.39. The summed E-state index contributed by atoms with van der Waals surface area (Å²) in [5.74, 6) is 0.734. The molecule has 0 aromatic rings. The van der Waals surface area contributed by atoms with Gasteiger partial charge in [-0.25, -0.2) is 0 Å². The maximum absolute atomic E-state index is 10.7. The van der Waals surface area contributed by atoms with E-state index in [0.29, 0.717) is 5.92 Å². The van der Waals surface area contributed by atoms with Crippen LogP contribution in [-0.2, 0) is 9.53 Å². The molecule has 1 aliphatic heterocycles. The zero-order valence-electron chi connectivity index (χ0n) is 5.89. The van der Waals surface area contributed by atoms with Gasteiger partial charge < -0.3 is 4.74 Å². The molecule has 0 N–H and O–H groups in total. The van der Waals surface area contributed by atoms with Crippen LogP contribution in [0, 0.1) is 5.92 Å². The summed E-state index contributed by atoms with van der Waals surface area (Å²) < 4.78 is 5.18. The highest BCUT2D eigenvalue weighted by Gasteiger charge is 2.24. The summed E-state index contributed by atoms with van der Waals surface area (Å²) in [6.45, 7) is 4.44. The number of ether oxygens (including phenoxy) is 1. The molecular formula is C7H12O2. The van der Waals surface area contributed by atoms with E-state index >= 15 is 0 Å². The summed E-state index contributed by atoms with van der Waals surface area (Å²) in [7, 11) is 0. The molecule has 0 amide bonds. The van der Waals surface area contributed by atoms with Crippen LogP contribution in [-0.4, -0.2) is 18.5 Å². The minimum absolute atomic E-state index is 0.0972. The largest absolute Gasteiger partial charge is 0.370 e. The molecule has 2 heteroatoms. The van der Waals surface area contributed by atoms with Crippen molar-refractivity contribution in [1.82, 2.24) is 0 Å². The van der Waals surface area contributed by atoms with Crippen LogP contribution in [0.1, 0.15) is 20.3 Å². The highest BCUT2D eigenvalue weighted by atomic mass is 16.5. The van der Waals surface area contributed by atoms with E-state index in [9.17, 15) is 4.79 Å². The smallest absolute Gasteiger partial charge is 0.158 e. The van der Waals surface area contributed by atoms with E-state index in [1.54, 1.807) is 6.92 Å². The molecule has 0 radical (unpaired) electrons. The van der Waals surface area contributed by atoms with Crippen LogP contribution in [0.2, 0.25) is 0 Å². The Morgan fingerprint density at radius 2 is 2.33 bits per heavy atom. The fourth-order valence-corrected chi connectivity index (χ4v) is 1.07. The average molecular weight is 128 g/mol. The lowest BCUT2D eigenvalue weighted by Gasteiger charge is -2.01. The van der Waals surface area contributed by atoms with Crippen LogP contribution in [0.4, 0.5) is 0 Å². The van der Waals surface area contributed by atoms with E-state index in [0.717, 1.165) is 13.0 Å². The van der Waals surface area contributed by atoms with Crippen LogP contribution in [0.15, 0.2) is 0 Å². The number of rotatable bonds is 1. The van der Waals surface area contributed by atoms with Crippen LogP contribution in [0.25, 0.3) is 0 Å². The van der Waals surface area contributed by atoms with E-state index in [-0.39, 0.29) is 11.9 Å². The number of ketones is 1. The third-order valence-electron chi connectivity index (χ3n) is 1.65. The number of Topliss-reactive ketones (excluding diaryl/α,β-unsaturated/α-hetero) is 1. The number of carbonyl (C=O) groups is 1. The van der Waals surface area contributed by atoms with Gasteiger partial charge in [0.1, 0.15) is 6.10 Å². The van der Waals surface area contributed by atoms with E-state index in [4.69, 9.17) is 4.74 Å². The van der Waals surface area contributed by atoms with Crippen molar-refractivity contribution in [3.05, 3.63) is 0 Å². The first-order valence-electron chi connectivity index (χ1n) is 3.32. The lowest BCUT2D eigenvalue weighted by molar-refractivity contribution is -0.125. The summed E-state index contributed by atoms with van der Waals surface area (Å²) >= 11 is 0. The SMILES string of the molecule is CC(=O)[C@@H]1C[C@@H](C)CO1. The van der Waals surface area contributed by atoms with Gasteiger partial charge in [0.2, 0.25) is 0 Å². The van der Waals surface area contributed by atoms with E-state index in [2.05, 4.69) is 6.92 Å². The second-order valence-electron chi connectivity index (χ2n) is 2.77. The molecule has 0 unspecified atom stereocenters. The number of hydrogen-bond donors (Lipinski definition) is 0. The molecule has 1 rings (SSSR count). The van der Waals surface area contributed by atoms with Gasteiger partial charge in [-0.05, 0) is 19.3 Å². The third kappa shape index (κ3) is 1.52. The quantitative estimate of drug-likeness (QED) is 0.526. The van der Waals surface area contributed by atoms with E-state index in [1.165, 1.54) is 0 Å². The fourth-order valence-electron chi connectivity index (χ4n) is 1.07. The van der Waals surface area contributed by atoms with Crippen molar-refractivity contribution in [1.29, 1.82) is 0 Å². The third-order valence-corrected chi connectivity index (χ3v) is 1.65. The summed E-state index contributed by atoms with van der Waals surface area (Å²) in [6, 6.07) is 0. The molecule has 1 fully saturated rings. The molecule has 0 aromatic heterocycles. The predicted molar refractivity (Wildman–Crippen MR) is 34.2 cm³/mol. The van der Waals surface area contributed by atoms with Gasteiger partial charge in [0.15, 0.2) is 5.78 Å². The molecule has 52 valence electrons. The Morgan fingerprint density at radius 1 is 1.67 bits per heavy atom. The summed E-state index contributed by atoms with van der Waals surface area (Å²) in [4.78, 5) is 10.7. The first-order chi connectivity index (χ1) is 4.20. The van der Waals surface area contributed by atoms with E-state index in [1.807, 2.05) is 0 Å². The Hall–Kier alpha value is -0.370. The first kappa shape index (κ1) is 6.75. The maximum atomic E-state index is 10.7. The second-order valence-corrected chi connectivity index (χ2v) is 2.77. The molecule has 1 aliphatic rings. The standard InChI is InChI=1S/C7H12O2/c1-5-3-7(6(2)8)9-4-5/h5,7H,3-4H2,1-2H3/t5-,7+/m1/s1. The Kier molecular flexibility index (Phi) is 1.86. The molecular weight excluding hydrogens is 116 g/mol. The molecule has 0 saturated carbocycles. The molecule has 2 nitrogen and oxygen atoms in total. The van der Waals surface area contributed by atoms with Crippen molar-refractivity contribution >= 4 is 5.78 Å². The summed E-state index contributed by atoms with van der Waals surface area (Å²) in [6.07, 6.45) is 0.815. The van der Waals surface area contributed by atoms with Crippen LogP contribution in [0.3, 0.4) is 0 Å². The molecule has 9 heavy (non-hydrogen) atoms. The highest BCUT2D eigenvalue weighted by molar-refractivity contribution is 5.80. The topological polar surface area (TPSA) is 26.3 Å². The first-order valence-corrected chi connectivity index (χ1v) is 3.32. The summed E-state index contributed by atoms with van der Waals surface area (Å²) in [5.41, 5.74) is 0. The van der Waals surface area contributed by atoms with E-state index < -0.39 is 0 Å². The van der Waals surface area contributed by atoms with Gasteiger partial charge >= 0.3 is 0 Å². The zero-order valence-corrected chi connectivity index (χ0v) is 5.89. The van der Waals surface area contributed by atoms with Gasteiger partial charge in [0.05, 0.1) is 6.61 Å². The Labute approximate surface area is 55.2 Å². The van der Waals surface area contributed by atoms with Gasteiger partial charge in [-0.15, -0.1) is 0 Å². The van der Waals surface area contributed by atoms with Crippen molar-refractivity contribution < 1.29 is 9.53 Å². The van der Waals surface area contributed by atoms with Crippen LogP contribution in [0.5, 0.6) is 0 Å². The van der Waals surface area contributed by atoms with Crippen LogP contribution < -0.4 is 0 Å². The minimum atomic E-state index is -0.0972. The maximum Gasteiger partial charge on any atom is 0.158 e. The molecule has 0 spiro atoms. The lowest BCUT2D eigenvalue weighted by atomic mass is 10.1. The fraction of sp³-hybridized carbons (Fsp3) is 0.857. The predicted octanol–water partition coefficient (Wildman–Crippen LogP) is 1.00. The van der Waals surface area contributed by atoms with Crippen molar-refractivity contribution in [2.24, 2.45) is 5.92 Å². The van der Waals surface area contributed by atoms with Gasteiger partial charge in [0, 0.05) is 0 Å². The lowest BCUT2D eigenvalue weighted by Crippen LogP contribution is -2.15. The van der Waals surface area contributed by atoms with Crippen molar-refractivity contribution in [2.75, 3.05) is 6.61 Å². The molecule has 1 heterocycles. The van der Waals surface area contributed by atoms with Gasteiger partial charge in [0.25, 0.3) is 0 Å². The van der Waals surface area contributed by atoms with Crippen molar-refractivity contribution in [2.45, 2.75) is 26.4 Å². The normalized spacial score (nSPS) is 34.9. The van der Waals surface area contributed by atoms with Crippen molar-refractivity contribution in [3.63, 3.8) is 0 Å². The Morgan fingerprint density at radius 3 is 2.56 bits per heavy atom. The second kappa shape index (κ2) is 2.48. The molecule has 1 saturated heterocycles. The monoisotopic (exact) mass is 128 g/mol. The summed E-state index contributed by atoms with van der Waals surface area (Å²) in [5, 5.41) is 0. The minimum Gasteiger partial charge on any atom is -0.370 e. The molecule has 0 aliphatic carbocycles. The zero-order chi connectivity index (χ0) is 6.85. The van der Waals surface area contributed by atoms with Gasteiger partial charge in [-0.3, -0.25) is 4.79 Å². The number of hydrogen-bond acceptors (Lipinski definition) is 2. The van der Waals surface area contributed by atoms with Gasteiger partial charge in [-0.2, -0.15) is 0 Å². The van der Waals surface area contributed by atoms with Crippen molar-refractivity contribution in [3.8, 4) is 0 Å². The Bertz CT molecular complexity index is 120. The van der Waals surface area contributed by atoms with Crippen LogP contribution >= 0.6 is 0 Å². The molecule has 0 bridgehead atoms. The van der Waals surface area contributed by atoms with Gasteiger partial charge in [-0.1, -0.05) is 6.92 Å². The molecule has 0 aromatic carbocycles. The highest BCUT2D eigenvalue weighted by Crippen LogP contribution is 2.18. The average Bonchev–Trinajstić information content (AvgIpc) is 2.14.